The maximum absolute atomic E-state index is 10.3. The molecule has 1 aromatic rings. The number of hydrogen-bond donors (Lipinski definition) is 3. The van der Waals surface area contributed by atoms with Crippen LogP contribution in [0.2, 0.25) is 10.0 Å². The Morgan fingerprint density at radius 3 is 2.32 bits per heavy atom. The molecule has 6 heteroatoms. The van der Waals surface area contributed by atoms with Crippen LogP contribution < -0.4 is 5.73 Å². The van der Waals surface area contributed by atoms with E-state index in [-0.39, 0.29) is 24.1 Å². The lowest BCUT2D eigenvalue weighted by Gasteiger charge is -2.25. The molecule has 1 aliphatic rings. The minimum absolute atomic E-state index is 0. The largest absolute Gasteiger partial charge is 0.507 e. The number of rotatable bonds is 3. The Kier molecular flexibility index (Phi) is 6.21. The van der Waals surface area contributed by atoms with Crippen LogP contribution in [0.3, 0.4) is 0 Å². The quantitative estimate of drug-likeness (QED) is 0.794. The van der Waals surface area contributed by atoms with E-state index in [1.807, 2.05) is 0 Å². The number of nitrogens with two attached hydrogens (primary N) is 1. The molecule has 19 heavy (non-hydrogen) atoms. The van der Waals surface area contributed by atoms with Crippen molar-refractivity contribution in [3.05, 3.63) is 27.7 Å². The van der Waals surface area contributed by atoms with Gasteiger partial charge in [0, 0.05) is 10.6 Å². The van der Waals surface area contributed by atoms with Crippen LogP contribution in [0.5, 0.6) is 5.75 Å². The number of phenols is 1. The Morgan fingerprint density at radius 1 is 1.21 bits per heavy atom. The third kappa shape index (κ3) is 3.67. The minimum atomic E-state index is -0.683. The average Bonchev–Trinajstić information content (AvgIpc) is 2.79. The van der Waals surface area contributed by atoms with E-state index in [4.69, 9.17) is 28.9 Å². The fourth-order valence-corrected chi connectivity index (χ4v) is 3.27. The lowest BCUT2D eigenvalue weighted by Crippen LogP contribution is -2.32. The minimum Gasteiger partial charge on any atom is -0.507 e. The van der Waals surface area contributed by atoms with Crippen LogP contribution in [-0.2, 0) is 0 Å². The van der Waals surface area contributed by atoms with Crippen molar-refractivity contribution in [3.8, 4) is 5.75 Å². The highest BCUT2D eigenvalue weighted by molar-refractivity contribution is 6.35. The van der Waals surface area contributed by atoms with Gasteiger partial charge < -0.3 is 15.9 Å². The number of aliphatic hydroxyl groups excluding tert-OH is 1. The molecule has 4 N–H and O–H groups in total. The van der Waals surface area contributed by atoms with Crippen molar-refractivity contribution in [2.75, 3.05) is 0 Å². The Morgan fingerprint density at radius 2 is 1.79 bits per heavy atom. The summed E-state index contributed by atoms with van der Waals surface area (Å²) in [5.74, 6) is 0.128. The topological polar surface area (TPSA) is 66.5 Å². The van der Waals surface area contributed by atoms with Gasteiger partial charge in [0.1, 0.15) is 5.75 Å². The van der Waals surface area contributed by atoms with E-state index >= 15 is 0 Å². The molecule has 2 rings (SSSR count). The Bertz CT molecular complexity index is 413. The number of halogens is 3. The molecule has 1 aromatic carbocycles. The van der Waals surface area contributed by atoms with Crippen molar-refractivity contribution in [3.63, 3.8) is 0 Å². The fourth-order valence-electron chi connectivity index (χ4n) is 2.66. The summed E-state index contributed by atoms with van der Waals surface area (Å²) in [6.45, 7) is 0. The molecular weight excluding hydrogens is 309 g/mol. The maximum atomic E-state index is 10.3. The van der Waals surface area contributed by atoms with Gasteiger partial charge >= 0.3 is 0 Å². The second kappa shape index (κ2) is 7.00. The molecule has 0 radical (unpaired) electrons. The number of aliphatic hydroxyl groups is 1. The highest BCUT2D eigenvalue weighted by Gasteiger charge is 2.31. The molecule has 108 valence electrons. The third-order valence-corrected chi connectivity index (χ3v) is 4.19. The molecule has 0 aliphatic heterocycles. The van der Waals surface area contributed by atoms with Crippen LogP contribution in [0.1, 0.15) is 37.3 Å². The number of aromatic hydroxyl groups is 1. The van der Waals surface area contributed by atoms with Crippen LogP contribution in [0, 0.1) is 5.92 Å². The monoisotopic (exact) mass is 325 g/mol. The van der Waals surface area contributed by atoms with Gasteiger partial charge in [-0.2, -0.15) is 0 Å². The van der Waals surface area contributed by atoms with E-state index in [9.17, 15) is 10.2 Å². The predicted octanol–water partition coefficient (Wildman–Crippen LogP) is 3.67. The van der Waals surface area contributed by atoms with Gasteiger partial charge in [-0.25, -0.2) is 0 Å². The maximum Gasteiger partial charge on any atom is 0.123 e. The van der Waals surface area contributed by atoms with Crippen molar-refractivity contribution >= 4 is 35.6 Å². The second-order valence-corrected chi connectivity index (χ2v) is 5.72. The van der Waals surface area contributed by atoms with Crippen molar-refractivity contribution in [2.24, 2.45) is 11.7 Å². The van der Waals surface area contributed by atoms with Crippen molar-refractivity contribution in [2.45, 2.75) is 37.8 Å². The lowest BCUT2D eigenvalue weighted by molar-refractivity contribution is 0.0836. The zero-order valence-electron chi connectivity index (χ0n) is 10.4. The van der Waals surface area contributed by atoms with Gasteiger partial charge in [-0.15, -0.1) is 12.4 Å². The number of hydrogen-bond acceptors (Lipinski definition) is 3. The van der Waals surface area contributed by atoms with Gasteiger partial charge in [-0.1, -0.05) is 36.0 Å². The molecule has 1 fully saturated rings. The predicted molar refractivity (Wildman–Crippen MR) is 80.3 cm³/mol. The molecule has 2 atom stereocenters. The molecule has 0 heterocycles. The Balaban J connectivity index is 0.00000180. The standard InChI is InChI=1S/C13H17Cl2NO2.ClH/c14-8-5-9(15)11(10(17)6-8)12(16)13(18)7-3-1-2-4-7;/h5-7,12-13,17-18H,1-4,16H2;1H/t12-,13+;/m0./s1. The molecule has 0 aromatic heterocycles. The first-order valence-electron chi connectivity index (χ1n) is 6.12. The van der Waals surface area contributed by atoms with Gasteiger partial charge in [0.15, 0.2) is 0 Å². The molecule has 0 saturated heterocycles. The van der Waals surface area contributed by atoms with Crippen molar-refractivity contribution in [1.29, 1.82) is 0 Å². The van der Waals surface area contributed by atoms with Crippen LogP contribution in [0.25, 0.3) is 0 Å². The van der Waals surface area contributed by atoms with E-state index in [1.165, 1.54) is 12.1 Å². The SMILES string of the molecule is Cl.N[C@@H](c1c(O)cc(Cl)cc1Cl)[C@H](O)C1CCCC1. The summed E-state index contributed by atoms with van der Waals surface area (Å²) in [5, 5.41) is 20.8. The van der Waals surface area contributed by atoms with Gasteiger partial charge in [-0.05, 0) is 30.9 Å². The van der Waals surface area contributed by atoms with E-state index in [0.29, 0.717) is 15.6 Å². The zero-order valence-corrected chi connectivity index (χ0v) is 12.7. The second-order valence-electron chi connectivity index (χ2n) is 4.88. The van der Waals surface area contributed by atoms with E-state index in [2.05, 4.69) is 0 Å². The molecular formula is C13H18Cl3NO2. The van der Waals surface area contributed by atoms with Gasteiger partial charge in [-0.3, -0.25) is 0 Å². The number of phenolic OH excluding ortho intramolecular Hbond substituents is 1. The lowest BCUT2D eigenvalue weighted by atomic mass is 9.90. The zero-order chi connectivity index (χ0) is 13.3. The highest BCUT2D eigenvalue weighted by Crippen LogP contribution is 2.39. The first-order valence-corrected chi connectivity index (χ1v) is 6.88. The molecule has 0 bridgehead atoms. The first-order chi connectivity index (χ1) is 8.50. The van der Waals surface area contributed by atoms with E-state index < -0.39 is 12.1 Å². The Labute approximate surface area is 129 Å². The summed E-state index contributed by atoms with van der Waals surface area (Å²) in [6, 6.07) is 2.24. The summed E-state index contributed by atoms with van der Waals surface area (Å²) in [6.07, 6.45) is 3.50. The molecule has 1 aliphatic carbocycles. The fraction of sp³-hybridized carbons (Fsp3) is 0.538. The highest BCUT2D eigenvalue weighted by atomic mass is 35.5. The molecule has 0 spiro atoms. The summed E-state index contributed by atoms with van der Waals surface area (Å²) in [7, 11) is 0. The summed E-state index contributed by atoms with van der Waals surface area (Å²) in [4.78, 5) is 0. The third-order valence-electron chi connectivity index (χ3n) is 3.66. The van der Waals surface area contributed by atoms with Gasteiger partial charge in [0.25, 0.3) is 0 Å². The summed E-state index contributed by atoms with van der Waals surface area (Å²) in [5.41, 5.74) is 6.41. The van der Waals surface area contributed by atoms with Gasteiger partial charge in [0.05, 0.1) is 17.2 Å². The average molecular weight is 327 g/mol. The van der Waals surface area contributed by atoms with Gasteiger partial charge in [0.2, 0.25) is 0 Å². The van der Waals surface area contributed by atoms with Crippen molar-refractivity contribution < 1.29 is 10.2 Å². The van der Waals surface area contributed by atoms with Crippen molar-refractivity contribution in [1.82, 2.24) is 0 Å². The van der Waals surface area contributed by atoms with Crippen LogP contribution in [0.4, 0.5) is 0 Å². The van der Waals surface area contributed by atoms with Crippen LogP contribution >= 0.6 is 35.6 Å². The molecule has 1 saturated carbocycles. The molecule has 3 nitrogen and oxygen atoms in total. The molecule has 0 unspecified atom stereocenters. The summed E-state index contributed by atoms with van der Waals surface area (Å²) < 4.78 is 0. The van der Waals surface area contributed by atoms with Crippen LogP contribution in [0.15, 0.2) is 12.1 Å². The molecule has 0 amide bonds. The van der Waals surface area contributed by atoms with E-state index in [0.717, 1.165) is 25.7 Å². The van der Waals surface area contributed by atoms with E-state index in [1.54, 1.807) is 0 Å². The Hall–Kier alpha value is -0.190. The smallest absolute Gasteiger partial charge is 0.123 e. The normalized spacial score (nSPS) is 18.9. The first kappa shape index (κ1) is 16.9. The van der Waals surface area contributed by atoms with Crippen LogP contribution in [-0.4, -0.2) is 16.3 Å². The number of benzene rings is 1. The summed E-state index contributed by atoms with van der Waals surface area (Å²) >= 11 is 11.8.